The quantitative estimate of drug-likeness (QED) is 0.260. The summed E-state index contributed by atoms with van der Waals surface area (Å²) < 4.78 is 0. The van der Waals surface area contributed by atoms with Crippen molar-refractivity contribution >= 4 is 55.6 Å². The van der Waals surface area contributed by atoms with Gasteiger partial charge in [-0.25, -0.2) is 9.97 Å². The normalized spacial score (nSPS) is 12.0. The van der Waals surface area contributed by atoms with Crippen LogP contribution in [0.25, 0.3) is 46.4 Å². The van der Waals surface area contributed by atoms with Crippen LogP contribution in [0, 0.1) is 0 Å². The van der Waals surface area contributed by atoms with Gasteiger partial charge in [0.25, 0.3) is 0 Å². The molecule has 0 unspecified atom stereocenters. The van der Waals surface area contributed by atoms with Crippen LogP contribution in [0.4, 0.5) is 0 Å². The molecule has 6 heteroatoms. The number of halogens is 1. The molecule has 5 heterocycles. The van der Waals surface area contributed by atoms with Gasteiger partial charge in [-0.2, -0.15) is 0 Å². The van der Waals surface area contributed by atoms with Crippen molar-refractivity contribution < 1.29 is 20.0 Å². The molecule has 3 aromatic rings. The van der Waals surface area contributed by atoms with Crippen LogP contribution in [0.3, 0.4) is 0 Å². The van der Waals surface area contributed by atoms with Gasteiger partial charge in [0.15, 0.2) is 0 Å². The molecule has 0 aliphatic carbocycles. The van der Waals surface area contributed by atoms with Gasteiger partial charge in [0.05, 0.1) is 22.8 Å². The Bertz CT molecular complexity index is 1080. The molecule has 8 bridgehead atoms. The molecule has 0 saturated carbocycles. The van der Waals surface area contributed by atoms with Gasteiger partial charge in [0.1, 0.15) is 0 Å². The summed E-state index contributed by atoms with van der Waals surface area (Å²) in [5, 5.41) is 0. The van der Waals surface area contributed by atoms with Gasteiger partial charge in [-0.3, -0.25) is 0 Å². The van der Waals surface area contributed by atoms with Gasteiger partial charge in [-0.05, 0) is 72.8 Å². The van der Waals surface area contributed by atoms with Crippen LogP contribution < -0.4 is 0 Å². The molecule has 2 aliphatic rings. The Balaban J connectivity index is 0.000000814. The summed E-state index contributed by atoms with van der Waals surface area (Å²) in [7, 11) is 4.58. The Morgan fingerprint density at radius 3 is 1.31 bits per heavy atom. The third-order valence-electron chi connectivity index (χ3n) is 4.04. The molecule has 26 heavy (non-hydrogen) atoms. The van der Waals surface area contributed by atoms with E-state index in [9.17, 15) is 0 Å². The molecular formula is C20H14AuClN4. The van der Waals surface area contributed by atoms with E-state index in [-0.39, 0.29) is 0 Å². The molecule has 132 valence electrons. The van der Waals surface area contributed by atoms with Crippen LogP contribution in [0.15, 0.2) is 48.5 Å². The molecule has 5 rings (SSSR count). The zero-order valence-corrected chi connectivity index (χ0v) is 16.4. The monoisotopic (exact) mass is 542 g/mol. The summed E-state index contributed by atoms with van der Waals surface area (Å²) in [6.07, 6.45) is 8.05. The molecule has 0 aromatic carbocycles. The van der Waals surface area contributed by atoms with E-state index in [2.05, 4.69) is 59.5 Å². The number of hydrogen-bond acceptors (Lipinski definition) is 2. The third kappa shape index (κ3) is 3.74. The predicted molar refractivity (Wildman–Crippen MR) is 105 cm³/mol. The molecule has 0 fully saturated rings. The molecule has 3 aromatic heterocycles. The Kier molecular flexibility index (Phi) is 4.91. The van der Waals surface area contributed by atoms with Crippen molar-refractivity contribution in [3.05, 3.63) is 71.3 Å². The van der Waals surface area contributed by atoms with Gasteiger partial charge in [-0.1, -0.05) is 0 Å². The van der Waals surface area contributed by atoms with Crippen molar-refractivity contribution in [2.45, 2.75) is 0 Å². The van der Waals surface area contributed by atoms with Crippen molar-refractivity contribution in [2.75, 3.05) is 0 Å². The number of H-pyrrole nitrogens is 2. The van der Waals surface area contributed by atoms with E-state index in [0.717, 1.165) is 44.8 Å². The van der Waals surface area contributed by atoms with E-state index in [0.29, 0.717) is 0 Å². The molecule has 4 nitrogen and oxygen atoms in total. The Morgan fingerprint density at radius 1 is 0.538 bits per heavy atom. The van der Waals surface area contributed by atoms with Crippen molar-refractivity contribution in [1.82, 2.24) is 19.9 Å². The molecule has 0 amide bonds. The topological polar surface area (TPSA) is 57.4 Å². The number of aromatic nitrogens is 4. The van der Waals surface area contributed by atoms with E-state index in [1.807, 2.05) is 42.5 Å². The van der Waals surface area contributed by atoms with Crippen LogP contribution in [-0.2, 0) is 20.0 Å². The second kappa shape index (κ2) is 7.48. The number of rotatable bonds is 0. The first-order chi connectivity index (χ1) is 12.8. The molecule has 0 radical (unpaired) electrons. The summed E-state index contributed by atoms with van der Waals surface area (Å²) in [6, 6.07) is 16.4. The predicted octanol–water partition coefficient (Wildman–Crippen LogP) is 5.34. The van der Waals surface area contributed by atoms with Crippen molar-refractivity contribution in [2.24, 2.45) is 0 Å². The summed E-state index contributed by atoms with van der Waals surface area (Å²) in [5.74, 6) is 0. The van der Waals surface area contributed by atoms with Crippen LogP contribution >= 0.6 is 9.19 Å². The molecule has 0 spiro atoms. The van der Waals surface area contributed by atoms with Crippen molar-refractivity contribution in [1.29, 1.82) is 0 Å². The minimum atomic E-state index is 0.915. The van der Waals surface area contributed by atoms with E-state index in [4.69, 9.17) is 0 Å². The molecule has 0 saturated heterocycles. The molecular weight excluding hydrogens is 529 g/mol. The van der Waals surface area contributed by atoms with Gasteiger partial charge >= 0.3 is 29.2 Å². The van der Waals surface area contributed by atoms with E-state index in [1.165, 1.54) is 0 Å². The van der Waals surface area contributed by atoms with E-state index >= 15 is 0 Å². The fraction of sp³-hybridized carbons (Fsp3) is 0. The Labute approximate surface area is 166 Å². The summed E-state index contributed by atoms with van der Waals surface area (Å²) >= 11 is 1.75. The number of aromatic amines is 2. The second-order valence-corrected chi connectivity index (χ2v) is 5.91. The van der Waals surface area contributed by atoms with Crippen molar-refractivity contribution in [3.63, 3.8) is 0 Å². The third-order valence-corrected chi connectivity index (χ3v) is 4.04. The molecule has 2 N–H and O–H groups in total. The van der Waals surface area contributed by atoms with Gasteiger partial charge < -0.3 is 9.97 Å². The van der Waals surface area contributed by atoms with Gasteiger partial charge in [0, 0.05) is 22.1 Å². The standard InChI is InChI=1S/C20H14N4.Au.ClH/c1-2-14-10-16-5-6-18(23-16)12-20-8-7-19(24-20)11-17-4-3-15(22-17)9-13(1)21-14;;/h1-12,21-22H;;1H/q;+1;/p-1. The average Bonchev–Trinajstić information content (AvgIpc) is 3.42. The van der Waals surface area contributed by atoms with E-state index in [1.54, 1.807) is 20.0 Å². The van der Waals surface area contributed by atoms with Crippen LogP contribution in [0.1, 0.15) is 22.8 Å². The number of nitrogens with zero attached hydrogens (tertiary/aromatic N) is 2. The van der Waals surface area contributed by atoms with Crippen LogP contribution in [-0.4, -0.2) is 19.9 Å². The van der Waals surface area contributed by atoms with Gasteiger partial charge in [-0.15, -0.1) is 0 Å². The average molecular weight is 543 g/mol. The van der Waals surface area contributed by atoms with E-state index < -0.39 is 0 Å². The Hall–Kier alpha value is -2.37. The van der Waals surface area contributed by atoms with Crippen molar-refractivity contribution in [3.8, 4) is 0 Å². The summed E-state index contributed by atoms with van der Waals surface area (Å²) in [4.78, 5) is 16.0. The first kappa shape index (κ1) is 17.1. The summed E-state index contributed by atoms with van der Waals surface area (Å²) in [5.41, 5.74) is 7.86. The Morgan fingerprint density at radius 2 is 0.885 bits per heavy atom. The number of nitrogens with one attached hydrogen (secondary N) is 2. The fourth-order valence-electron chi connectivity index (χ4n) is 2.94. The van der Waals surface area contributed by atoms with Gasteiger partial charge in [0.2, 0.25) is 0 Å². The van der Waals surface area contributed by atoms with Crippen LogP contribution in [0.2, 0.25) is 0 Å². The number of fused-ring (bicyclic) bond motifs is 8. The number of hydrogen-bond donors (Lipinski definition) is 2. The first-order valence-electron chi connectivity index (χ1n) is 7.96. The maximum atomic E-state index is 4.62. The second-order valence-electron chi connectivity index (χ2n) is 5.91. The maximum absolute atomic E-state index is 4.62. The SMILES string of the molecule is C1=Cc2cc3ccc(cc4ccc(cc5nc(cc1n2)C=C5)[nH]4)[nH]3.[Cl][Au]. The molecule has 2 aliphatic heterocycles. The summed E-state index contributed by atoms with van der Waals surface area (Å²) in [6.45, 7) is 0. The minimum absolute atomic E-state index is 0.915. The van der Waals surface area contributed by atoms with Crippen LogP contribution in [0.5, 0.6) is 0 Å². The fourth-order valence-corrected chi connectivity index (χ4v) is 2.94. The molecule has 0 atom stereocenters. The zero-order valence-electron chi connectivity index (χ0n) is 13.5. The zero-order chi connectivity index (χ0) is 17.9. The first-order valence-corrected chi connectivity index (χ1v) is 10.6.